The molecule has 30 atom stereocenters. The molecule has 11 heterocycles. The van der Waals surface area contributed by atoms with Crippen LogP contribution in [0.15, 0.2) is 121 Å². The lowest BCUT2D eigenvalue weighted by Gasteiger charge is -2.50. The molecular formula is C83H96N4O35. The largest absolute Gasteiger partial charge is 0.508 e. The van der Waals surface area contributed by atoms with E-state index < -0.39 is 224 Å². The average molecular weight is 1710 g/mol. The van der Waals surface area contributed by atoms with Crippen LogP contribution in [0.5, 0.6) is 23.0 Å². The third-order valence-corrected chi connectivity index (χ3v) is 22.6. The number of aromatic hydroxyl groups is 3. The minimum Gasteiger partial charge on any atom is -0.508 e. The summed E-state index contributed by atoms with van der Waals surface area (Å²) in [4.78, 5) is 17.9. The van der Waals surface area contributed by atoms with E-state index in [0.717, 1.165) is 44.5 Å². The maximum absolute atomic E-state index is 11.6. The zero-order valence-electron chi connectivity index (χ0n) is 64.6. The van der Waals surface area contributed by atoms with Crippen molar-refractivity contribution in [2.75, 3.05) is 52.9 Å². The lowest BCUT2D eigenvalue weighted by molar-refractivity contribution is -0.396. The van der Waals surface area contributed by atoms with Crippen molar-refractivity contribution in [1.82, 2.24) is 19.9 Å². The molecule has 6 saturated heterocycles. The van der Waals surface area contributed by atoms with E-state index in [4.69, 9.17) is 71.5 Å². The number of phenolic OH excluding ortho intramolecular Hbond substituents is 3. The molecule has 0 saturated carbocycles. The fourth-order valence-corrected chi connectivity index (χ4v) is 16.1. The molecule has 6 fully saturated rings. The van der Waals surface area contributed by atoms with Crippen LogP contribution >= 0.6 is 0 Å². The van der Waals surface area contributed by atoms with E-state index in [9.17, 15) is 112 Å². The smallest absolute Gasteiger partial charge is 0.187 e. The fraction of sp³-hybridized carbons (Fsp3) is 0.470. The first-order valence-corrected chi connectivity index (χ1v) is 39.4. The molecule has 0 unspecified atom stereocenters. The Hall–Kier alpha value is -8.56. The van der Waals surface area contributed by atoms with Gasteiger partial charge < -0.3 is 184 Å². The maximum Gasteiger partial charge on any atom is 0.187 e. The average Bonchev–Trinajstić information content (AvgIpc) is 1.59. The van der Waals surface area contributed by atoms with E-state index in [-0.39, 0.29) is 36.9 Å². The van der Waals surface area contributed by atoms with Crippen LogP contribution in [0.25, 0.3) is 90.9 Å². The maximum atomic E-state index is 11.6. The Kier molecular flexibility index (Phi) is 27.6. The highest BCUT2D eigenvalue weighted by molar-refractivity contribution is 6.00. The second-order valence-electron chi connectivity index (χ2n) is 30.5. The van der Waals surface area contributed by atoms with Gasteiger partial charge in [-0.1, -0.05) is 48.5 Å². The normalized spacial score (nSPS) is 34.8. The predicted molar refractivity (Wildman–Crippen MR) is 419 cm³/mol. The number of fused-ring (bicyclic) bond motifs is 8. The van der Waals surface area contributed by atoms with Crippen LogP contribution in [0.3, 0.4) is 0 Å². The Balaban J connectivity index is 0.566. The zero-order chi connectivity index (χ0) is 86.2. The monoisotopic (exact) mass is 1710 g/mol. The number of hydrogen-bond acceptors (Lipinski definition) is 37. The Bertz CT molecular complexity index is 4880. The van der Waals surface area contributed by atoms with Crippen LogP contribution < -0.4 is 4.74 Å². The van der Waals surface area contributed by atoms with Crippen molar-refractivity contribution < 1.29 is 174 Å². The minimum atomic E-state index is -2.22. The number of nitrogens with one attached hydrogen (secondary N) is 2. The Morgan fingerprint density at radius 2 is 0.516 bits per heavy atom. The Morgan fingerprint density at radius 1 is 0.270 bits per heavy atom. The third kappa shape index (κ3) is 17.9. The van der Waals surface area contributed by atoms with Crippen LogP contribution in [0, 0.1) is 0 Å². The lowest BCUT2D eigenvalue weighted by atomic mass is 9.95. The van der Waals surface area contributed by atoms with Gasteiger partial charge in [-0.2, -0.15) is 0 Å². The summed E-state index contributed by atoms with van der Waals surface area (Å²) in [6.45, 7) is -5.87. The predicted octanol–water partition coefficient (Wildman–Crippen LogP) is -2.85. The number of ether oxygens (including phenoxy) is 13. The fourth-order valence-electron chi connectivity index (χ4n) is 16.1. The van der Waals surface area contributed by atoms with Gasteiger partial charge in [-0.05, 0) is 119 Å². The van der Waals surface area contributed by atoms with Gasteiger partial charge in [-0.15, -0.1) is 0 Å². The van der Waals surface area contributed by atoms with Crippen LogP contribution in [0.1, 0.15) is 29.2 Å². The van der Waals surface area contributed by atoms with Crippen LogP contribution in [0.2, 0.25) is 0 Å². The first-order valence-electron chi connectivity index (χ1n) is 39.4. The molecule has 15 rings (SSSR count). The van der Waals surface area contributed by atoms with E-state index in [1.165, 1.54) is 0 Å². The number of hydrogen-bond donors (Lipinski definition) is 24. The molecule has 0 aliphatic carbocycles. The number of rotatable bonds is 26. The molecule has 658 valence electrons. The summed E-state index contributed by atoms with van der Waals surface area (Å²) in [7, 11) is 0. The molecular weight excluding hydrogens is 1610 g/mol. The van der Waals surface area contributed by atoms with Crippen molar-refractivity contribution in [3.05, 3.63) is 144 Å². The molecule has 122 heavy (non-hydrogen) atoms. The summed E-state index contributed by atoms with van der Waals surface area (Å²) in [6.07, 6.45) is -49.3. The topological polar surface area (TPSA) is 622 Å². The number of nitrogens with zero attached hydrogens (tertiary/aromatic N) is 2. The van der Waals surface area contributed by atoms with E-state index in [1.807, 2.05) is 97.1 Å². The summed E-state index contributed by atoms with van der Waals surface area (Å²) in [6, 6.07) is 35.7. The van der Waals surface area contributed by atoms with Crippen molar-refractivity contribution in [3.8, 4) is 67.5 Å². The molecule has 0 spiro atoms. The van der Waals surface area contributed by atoms with E-state index in [2.05, 4.69) is 9.97 Å². The van der Waals surface area contributed by atoms with Crippen molar-refractivity contribution in [1.29, 1.82) is 0 Å². The van der Waals surface area contributed by atoms with E-state index >= 15 is 0 Å². The number of aliphatic hydroxyl groups excluding tert-OH is 19. The summed E-state index contributed by atoms with van der Waals surface area (Å²) in [5.41, 5.74) is 11.2. The number of phenols is 3. The van der Waals surface area contributed by atoms with Crippen LogP contribution in [-0.2, 0) is 56.8 Å². The SMILES string of the molecule is OC[C@@H]1O[C@H](O[C@@H]2[C@@H](O)[C@@H](O)[C@@H](O[C@@H]3[C@@H](O)[C@@H](O)[C@@H](O[C@@H]4[C@@H](O)[C@@H](O)[C@@H](O[C@@H]5[C@@H](O)[C@@H](O)[C@@H](O[C@@H]6[C@@H](O)[C@@H](O)[C@@H](OCCCOc7ccc(-c8c9nc(c(-c%10ccc(O)cc%10)c%10ccc([nH]%10)c(-c%10ccc(O)cc%10)c%10nc(c(-c%11ccc(O)cc%11)c%11ccc8[nH]%11)C=C%10)C=C9)cc7)O[C@H]6CO)O[C@H]5CO)O[C@H]4CO)O[C@H]3CO)O[C@H]2CO)[C@H](O)[C@H](O)[C@H]1O. The Morgan fingerprint density at radius 3 is 0.795 bits per heavy atom. The summed E-state index contributed by atoms with van der Waals surface area (Å²) >= 11 is 0. The molecule has 0 amide bonds. The highest BCUT2D eigenvalue weighted by atomic mass is 16.8. The van der Waals surface area contributed by atoms with E-state index in [1.54, 1.807) is 48.5 Å². The van der Waals surface area contributed by atoms with Gasteiger partial charge in [0.15, 0.2) is 37.7 Å². The van der Waals surface area contributed by atoms with E-state index in [0.29, 0.717) is 50.6 Å². The van der Waals surface area contributed by atoms with Gasteiger partial charge in [0.2, 0.25) is 0 Å². The molecule has 0 radical (unpaired) electrons. The molecule has 8 aliphatic heterocycles. The quantitative estimate of drug-likeness (QED) is 0.0243. The summed E-state index contributed by atoms with van der Waals surface area (Å²) in [5, 5.41) is 238. The number of aromatic amines is 2. The molecule has 4 aromatic carbocycles. The van der Waals surface area contributed by atoms with Gasteiger partial charge in [0.1, 0.15) is 169 Å². The van der Waals surface area contributed by atoms with Gasteiger partial charge >= 0.3 is 0 Å². The zero-order valence-corrected chi connectivity index (χ0v) is 64.6. The Labute approximate surface area is 692 Å². The summed E-state index contributed by atoms with van der Waals surface area (Å²) in [5.74, 6) is 0.719. The molecule has 3 aromatic heterocycles. The number of aliphatic hydroxyl groups is 19. The van der Waals surface area contributed by atoms with Crippen molar-refractivity contribution in [2.24, 2.45) is 0 Å². The number of H-pyrrole nitrogens is 2. The van der Waals surface area contributed by atoms with Gasteiger partial charge in [0, 0.05) is 50.7 Å². The van der Waals surface area contributed by atoms with Crippen molar-refractivity contribution >= 4 is 46.4 Å². The number of aromatic nitrogens is 4. The molecule has 24 N–H and O–H groups in total. The molecule has 39 nitrogen and oxygen atoms in total. The minimum absolute atomic E-state index is 0.0695. The standard InChI is InChI=1S/C83H96N4O35/c88-28-50-60(97)61(98)67(104)79(112-50)118-74-52(30-90)114-81(69(106)63(74)100)120-76-54(32-92)116-83(71(108)65(76)102)122-77-55(33-93)117-82(72(109)66(77)103)121-75-53(31-91)115-80(70(107)64(75)101)119-73-51(29-89)113-78(68(105)62(73)99)111-27-1-26-110-41-16-8-37(9-17-41)59-48-24-22-46(86-48)57(35-4-12-39(95)13-5-35)44-20-18-42(84-44)56(34-2-10-38(94)11-3-34)43-19-21-45(85-43)58(47-23-25-49(59)87-47)36-6-14-40(96)15-7-36/h2-25,50-55,60-84,87-109H,1,26-33H2/t50-,51-,52-,53-,54-,55-,60-,61+,62-,63-,64-,65-,66-,67+,68+,69+,70+,71+,72+,73-,74-,75-,76-,77-,78-,79+,80+,81+,82+,83+/m0/s1. The van der Waals surface area contributed by atoms with Crippen LogP contribution in [0.4, 0.5) is 0 Å². The van der Waals surface area contributed by atoms with Gasteiger partial charge in [0.05, 0.1) is 75.6 Å². The first kappa shape index (κ1) is 88.3. The molecule has 39 heteroatoms. The highest BCUT2D eigenvalue weighted by Gasteiger charge is 2.58. The van der Waals surface area contributed by atoms with Crippen LogP contribution in [-0.4, -0.2) is 369 Å². The van der Waals surface area contributed by atoms with Crippen molar-refractivity contribution in [2.45, 2.75) is 191 Å². The lowest BCUT2D eigenvalue weighted by Crippen LogP contribution is -2.68. The third-order valence-electron chi connectivity index (χ3n) is 22.6. The molecule has 8 aliphatic rings. The number of benzene rings is 4. The second kappa shape index (κ2) is 38.1. The first-order chi connectivity index (χ1) is 58.8. The molecule has 7 aromatic rings. The highest BCUT2D eigenvalue weighted by Crippen LogP contribution is 2.43. The second-order valence-corrected chi connectivity index (χ2v) is 30.5. The van der Waals surface area contributed by atoms with Crippen molar-refractivity contribution in [3.63, 3.8) is 0 Å². The van der Waals surface area contributed by atoms with Gasteiger partial charge in [-0.25, -0.2) is 9.97 Å². The summed E-state index contributed by atoms with van der Waals surface area (Å²) < 4.78 is 74.8. The molecule has 8 bridgehead atoms. The van der Waals surface area contributed by atoms with Gasteiger partial charge in [-0.3, -0.25) is 0 Å². The van der Waals surface area contributed by atoms with Gasteiger partial charge in [0.25, 0.3) is 0 Å².